The number of ether oxygens (including phenoxy) is 2. The molecule has 27 heavy (non-hydrogen) atoms. The summed E-state index contributed by atoms with van der Waals surface area (Å²) >= 11 is 0. The van der Waals surface area contributed by atoms with Crippen molar-refractivity contribution >= 4 is 10.8 Å². The van der Waals surface area contributed by atoms with Crippen LogP contribution in [0.5, 0.6) is 11.5 Å². The summed E-state index contributed by atoms with van der Waals surface area (Å²) in [5.74, 6) is 1.50. The first-order chi connectivity index (χ1) is 13.2. The average Bonchev–Trinajstić information content (AvgIpc) is 3.18. The third kappa shape index (κ3) is 3.28. The zero-order chi connectivity index (χ0) is 18.8. The van der Waals surface area contributed by atoms with E-state index in [2.05, 4.69) is 34.3 Å². The van der Waals surface area contributed by atoms with Gasteiger partial charge in [0, 0.05) is 18.5 Å². The topological polar surface area (TPSA) is 56.6 Å². The van der Waals surface area contributed by atoms with Crippen LogP contribution in [-0.4, -0.2) is 42.0 Å². The highest BCUT2D eigenvalue weighted by Crippen LogP contribution is 2.33. The molecule has 0 spiro atoms. The highest BCUT2D eigenvalue weighted by Gasteiger charge is 2.24. The minimum atomic E-state index is -0.161. The molecule has 0 bridgehead atoms. The van der Waals surface area contributed by atoms with Gasteiger partial charge in [0.1, 0.15) is 0 Å². The fourth-order valence-electron chi connectivity index (χ4n) is 3.83. The van der Waals surface area contributed by atoms with Gasteiger partial charge in [-0.25, -0.2) is 4.68 Å². The second kappa shape index (κ2) is 7.40. The van der Waals surface area contributed by atoms with Gasteiger partial charge in [0.2, 0.25) is 0 Å². The number of benzene rings is 2. The third-order valence-corrected chi connectivity index (χ3v) is 5.24. The molecule has 4 rings (SSSR count). The molecule has 1 aliphatic rings. The molecule has 6 nitrogen and oxygen atoms in total. The molecule has 1 aliphatic heterocycles. The van der Waals surface area contributed by atoms with Crippen molar-refractivity contribution in [3.05, 3.63) is 64.6 Å². The summed E-state index contributed by atoms with van der Waals surface area (Å²) in [4.78, 5) is 15.3. The highest BCUT2D eigenvalue weighted by atomic mass is 16.5. The first kappa shape index (κ1) is 17.5. The zero-order valence-corrected chi connectivity index (χ0v) is 15.6. The largest absolute Gasteiger partial charge is 0.493 e. The number of hydrogen-bond donors (Lipinski definition) is 0. The van der Waals surface area contributed by atoms with Crippen molar-refractivity contribution in [1.29, 1.82) is 0 Å². The van der Waals surface area contributed by atoms with Crippen LogP contribution in [0.1, 0.15) is 17.9 Å². The van der Waals surface area contributed by atoms with Crippen molar-refractivity contribution in [3.63, 3.8) is 0 Å². The van der Waals surface area contributed by atoms with Crippen molar-refractivity contribution in [3.8, 4) is 11.5 Å². The van der Waals surface area contributed by atoms with Crippen LogP contribution in [-0.2, 0) is 6.67 Å². The Bertz CT molecular complexity index is 1000. The van der Waals surface area contributed by atoms with Gasteiger partial charge in [-0.15, -0.1) is 0 Å². The van der Waals surface area contributed by atoms with E-state index in [1.54, 1.807) is 26.5 Å². The van der Waals surface area contributed by atoms with Gasteiger partial charge in [-0.3, -0.25) is 9.69 Å². The molecule has 1 aromatic heterocycles. The summed E-state index contributed by atoms with van der Waals surface area (Å²) in [6, 6.07) is 14.2. The number of fused-ring (bicyclic) bond motifs is 1. The van der Waals surface area contributed by atoms with E-state index in [1.807, 2.05) is 12.1 Å². The zero-order valence-electron chi connectivity index (χ0n) is 15.6. The van der Waals surface area contributed by atoms with Gasteiger partial charge in [0.15, 0.2) is 11.5 Å². The minimum Gasteiger partial charge on any atom is -0.493 e. The fourth-order valence-corrected chi connectivity index (χ4v) is 3.83. The Balaban J connectivity index is 1.61. The molecule has 0 aliphatic carbocycles. The fraction of sp³-hybridized carbons (Fsp3) is 0.333. The monoisotopic (exact) mass is 365 g/mol. The maximum atomic E-state index is 13.1. The molecule has 0 amide bonds. The predicted molar refractivity (Wildman–Crippen MR) is 104 cm³/mol. The smallest absolute Gasteiger partial charge is 0.279 e. The number of methoxy groups -OCH3 is 2. The molecule has 3 aromatic rings. The molecule has 0 N–H and O–H groups in total. The molecule has 140 valence electrons. The second-order valence-electron chi connectivity index (χ2n) is 6.83. The highest BCUT2D eigenvalue weighted by molar-refractivity contribution is 5.89. The summed E-state index contributed by atoms with van der Waals surface area (Å²) in [5, 5.41) is 5.62. The van der Waals surface area contributed by atoms with E-state index in [9.17, 15) is 4.79 Å². The van der Waals surface area contributed by atoms with Gasteiger partial charge in [-0.1, -0.05) is 30.3 Å². The van der Waals surface area contributed by atoms with Crippen LogP contribution in [0.25, 0.3) is 10.8 Å². The number of aromatic nitrogens is 2. The molecular formula is C21H23N3O3. The molecule has 0 unspecified atom stereocenters. The van der Waals surface area contributed by atoms with Gasteiger partial charge in [-0.05, 0) is 30.0 Å². The maximum Gasteiger partial charge on any atom is 0.279 e. The van der Waals surface area contributed by atoms with E-state index < -0.39 is 0 Å². The van der Waals surface area contributed by atoms with Crippen LogP contribution >= 0.6 is 0 Å². The van der Waals surface area contributed by atoms with E-state index in [1.165, 1.54) is 10.2 Å². The van der Waals surface area contributed by atoms with Crippen molar-refractivity contribution < 1.29 is 9.47 Å². The Morgan fingerprint density at radius 1 is 1.11 bits per heavy atom. The molecule has 0 radical (unpaired) electrons. The third-order valence-electron chi connectivity index (χ3n) is 5.24. The van der Waals surface area contributed by atoms with Gasteiger partial charge >= 0.3 is 0 Å². The number of hydrogen-bond acceptors (Lipinski definition) is 5. The first-order valence-electron chi connectivity index (χ1n) is 9.09. The molecule has 1 saturated heterocycles. The van der Waals surface area contributed by atoms with Crippen LogP contribution in [0.2, 0.25) is 0 Å². The first-order valence-corrected chi connectivity index (χ1v) is 9.09. The molecule has 2 heterocycles. The van der Waals surface area contributed by atoms with E-state index in [0.29, 0.717) is 29.5 Å². The molecule has 6 heteroatoms. The van der Waals surface area contributed by atoms with Crippen molar-refractivity contribution in [1.82, 2.24) is 14.7 Å². The summed E-state index contributed by atoms with van der Waals surface area (Å²) in [6.07, 6.45) is 2.80. The Kier molecular flexibility index (Phi) is 4.81. The normalized spacial score (nSPS) is 17.3. The summed E-state index contributed by atoms with van der Waals surface area (Å²) < 4.78 is 12.3. The Hall–Kier alpha value is -2.86. The quantitative estimate of drug-likeness (QED) is 0.696. The summed E-state index contributed by atoms with van der Waals surface area (Å²) in [6.45, 7) is 2.34. The average molecular weight is 365 g/mol. The van der Waals surface area contributed by atoms with Crippen LogP contribution in [0.3, 0.4) is 0 Å². The van der Waals surface area contributed by atoms with E-state index in [4.69, 9.17) is 9.47 Å². The van der Waals surface area contributed by atoms with Gasteiger partial charge in [-0.2, -0.15) is 5.10 Å². The molecule has 0 saturated carbocycles. The van der Waals surface area contributed by atoms with Crippen LogP contribution in [0.4, 0.5) is 0 Å². The van der Waals surface area contributed by atoms with Gasteiger partial charge in [0.25, 0.3) is 5.56 Å². The Morgan fingerprint density at radius 2 is 1.93 bits per heavy atom. The number of likely N-dealkylation sites (tertiary alicyclic amines) is 1. The van der Waals surface area contributed by atoms with Gasteiger partial charge < -0.3 is 9.47 Å². The number of rotatable bonds is 5. The summed E-state index contributed by atoms with van der Waals surface area (Å²) in [5.41, 5.74) is 1.19. The molecular weight excluding hydrogens is 342 g/mol. The number of nitrogens with zero attached hydrogens (tertiary/aromatic N) is 3. The lowest BCUT2D eigenvalue weighted by molar-refractivity contribution is 0.246. The lowest BCUT2D eigenvalue weighted by Gasteiger charge is -2.18. The van der Waals surface area contributed by atoms with Crippen LogP contribution in [0.15, 0.2) is 53.5 Å². The van der Waals surface area contributed by atoms with Crippen molar-refractivity contribution in [2.24, 2.45) is 0 Å². The molecule has 2 aromatic carbocycles. The van der Waals surface area contributed by atoms with Crippen molar-refractivity contribution in [2.45, 2.75) is 19.0 Å². The van der Waals surface area contributed by atoms with E-state index >= 15 is 0 Å². The summed E-state index contributed by atoms with van der Waals surface area (Å²) in [7, 11) is 3.11. The van der Waals surface area contributed by atoms with Crippen LogP contribution in [0, 0.1) is 0 Å². The van der Waals surface area contributed by atoms with Gasteiger partial charge in [0.05, 0.1) is 32.5 Å². The predicted octanol–water partition coefficient (Wildman–Crippen LogP) is 2.86. The SMILES string of the molecule is COc1ccc2cnn(CN3CC[C@@H](c4ccccc4)C3)c(=O)c2c1OC. The standard InChI is InChI=1S/C21H23N3O3/c1-26-18-9-8-16-12-22-24(21(25)19(16)20(18)27-2)14-23-11-10-17(13-23)15-6-4-3-5-7-15/h3-9,12,17H,10-11,13-14H2,1-2H3/t17-/m1/s1. The lowest BCUT2D eigenvalue weighted by atomic mass is 9.99. The van der Waals surface area contributed by atoms with Crippen molar-refractivity contribution in [2.75, 3.05) is 27.3 Å². The van der Waals surface area contributed by atoms with E-state index in [0.717, 1.165) is 24.9 Å². The molecule has 1 atom stereocenters. The van der Waals surface area contributed by atoms with E-state index in [-0.39, 0.29) is 5.56 Å². The minimum absolute atomic E-state index is 0.161. The molecule has 1 fully saturated rings. The lowest BCUT2D eigenvalue weighted by Crippen LogP contribution is -2.32. The Labute approximate surface area is 157 Å². The second-order valence-corrected chi connectivity index (χ2v) is 6.83. The van der Waals surface area contributed by atoms with Crippen LogP contribution < -0.4 is 15.0 Å². The Morgan fingerprint density at radius 3 is 2.67 bits per heavy atom. The maximum absolute atomic E-state index is 13.1.